The van der Waals surface area contributed by atoms with Crippen molar-refractivity contribution in [3.05, 3.63) is 70.4 Å². The number of benzene rings is 2. The van der Waals surface area contributed by atoms with Crippen molar-refractivity contribution in [1.82, 2.24) is 14.8 Å². The molecule has 1 aliphatic heterocycles. The Bertz CT molecular complexity index is 1140. The first kappa shape index (κ1) is 21.1. The van der Waals surface area contributed by atoms with Gasteiger partial charge in [0.05, 0.1) is 11.1 Å². The molecule has 1 N–H and O–H groups in total. The van der Waals surface area contributed by atoms with Crippen LogP contribution in [-0.2, 0) is 6.54 Å². The molecule has 1 amide bonds. The average molecular weight is 429 g/mol. The number of hydrogen-bond donors (Lipinski definition) is 1. The minimum Gasteiger partial charge on any atom is -0.322 e. The van der Waals surface area contributed by atoms with Crippen LogP contribution in [-0.4, -0.2) is 53.9 Å². The number of fused-ring (bicyclic) bond motifs is 1. The molecule has 0 spiro atoms. The number of nitrogens with one attached hydrogen (secondary N) is 1. The SMILES string of the molecule is Cc1cc(C)c2nc(C3CC3)cc(C(=O)Nc3ccc(CN4CCN(C)CC4)cc3)c2c1. The molecule has 2 heterocycles. The first-order valence-corrected chi connectivity index (χ1v) is 11.7. The number of aromatic nitrogens is 1. The van der Waals surface area contributed by atoms with Crippen molar-refractivity contribution >= 4 is 22.5 Å². The Balaban J connectivity index is 1.35. The van der Waals surface area contributed by atoms with Crippen LogP contribution in [0.5, 0.6) is 0 Å². The van der Waals surface area contributed by atoms with Crippen LogP contribution < -0.4 is 5.32 Å². The molecule has 5 heteroatoms. The minimum absolute atomic E-state index is 0.0592. The molecule has 1 saturated carbocycles. The Morgan fingerprint density at radius 3 is 2.44 bits per heavy atom. The molecule has 2 aromatic carbocycles. The lowest BCUT2D eigenvalue weighted by molar-refractivity contribution is 0.102. The van der Waals surface area contributed by atoms with Crippen molar-refractivity contribution in [2.75, 3.05) is 38.5 Å². The Morgan fingerprint density at radius 2 is 1.75 bits per heavy atom. The number of anilines is 1. The molecular weight excluding hydrogens is 396 g/mol. The van der Waals surface area contributed by atoms with Gasteiger partial charge in [-0.05, 0) is 69.1 Å². The van der Waals surface area contributed by atoms with E-state index in [0.717, 1.165) is 71.7 Å². The molecule has 166 valence electrons. The van der Waals surface area contributed by atoms with E-state index < -0.39 is 0 Å². The van der Waals surface area contributed by atoms with Crippen molar-refractivity contribution in [2.45, 2.75) is 39.2 Å². The highest BCUT2D eigenvalue weighted by Crippen LogP contribution is 2.40. The lowest BCUT2D eigenvalue weighted by Gasteiger charge is -2.32. The smallest absolute Gasteiger partial charge is 0.256 e. The second-order valence-electron chi connectivity index (χ2n) is 9.58. The number of likely N-dealkylation sites (N-methyl/N-ethyl adjacent to an activating group) is 1. The van der Waals surface area contributed by atoms with Crippen LogP contribution >= 0.6 is 0 Å². The van der Waals surface area contributed by atoms with Gasteiger partial charge in [-0.2, -0.15) is 0 Å². The maximum absolute atomic E-state index is 13.3. The third-order valence-electron chi connectivity index (χ3n) is 6.72. The molecule has 1 aliphatic carbocycles. The predicted molar refractivity (Wildman–Crippen MR) is 130 cm³/mol. The fourth-order valence-electron chi connectivity index (χ4n) is 4.63. The maximum Gasteiger partial charge on any atom is 0.256 e. The van der Waals surface area contributed by atoms with E-state index in [9.17, 15) is 4.79 Å². The van der Waals surface area contributed by atoms with E-state index >= 15 is 0 Å². The van der Waals surface area contributed by atoms with E-state index in [-0.39, 0.29) is 5.91 Å². The van der Waals surface area contributed by atoms with E-state index in [0.29, 0.717) is 5.92 Å². The fraction of sp³-hybridized carbons (Fsp3) is 0.407. The molecule has 1 saturated heterocycles. The van der Waals surface area contributed by atoms with E-state index in [1.807, 2.05) is 18.2 Å². The molecule has 1 aromatic heterocycles. The van der Waals surface area contributed by atoms with Crippen LogP contribution in [0.4, 0.5) is 5.69 Å². The highest BCUT2D eigenvalue weighted by Gasteiger charge is 2.27. The van der Waals surface area contributed by atoms with Crippen molar-refractivity contribution in [3.63, 3.8) is 0 Å². The number of rotatable bonds is 5. The molecular formula is C27H32N4O. The summed E-state index contributed by atoms with van der Waals surface area (Å²) in [5, 5.41) is 4.07. The molecule has 0 unspecified atom stereocenters. The summed E-state index contributed by atoms with van der Waals surface area (Å²) in [6.45, 7) is 9.56. The van der Waals surface area contributed by atoms with Crippen molar-refractivity contribution in [2.24, 2.45) is 0 Å². The van der Waals surface area contributed by atoms with Gasteiger partial charge in [-0.1, -0.05) is 23.8 Å². The summed E-state index contributed by atoms with van der Waals surface area (Å²) in [6, 6.07) is 14.5. The van der Waals surface area contributed by atoms with Crippen LogP contribution in [0.2, 0.25) is 0 Å². The van der Waals surface area contributed by atoms with Crippen LogP contribution in [0.1, 0.15) is 51.5 Å². The summed E-state index contributed by atoms with van der Waals surface area (Å²) >= 11 is 0. The quantitative estimate of drug-likeness (QED) is 0.638. The van der Waals surface area contributed by atoms with Gasteiger partial charge in [-0.15, -0.1) is 0 Å². The normalized spacial score (nSPS) is 17.6. The molecule has 2 fully saturated rings. The first-order valence-electron chi connectivity index (χ1n) is 11.7. The zero-order chi connectivity index (χ0) is 22.2. The Morgan fingerprint density at radius 1 is 1.03 bits per heavy atom. The van der Waals surface area contributed by atoms with Gasteiger partial charge in [0.1, 0.15) is 0 Å². The molecule has 0 atom stereocenters. The number of carbonyl (C=O) groups is 1. The summed E-state index contributed by atoms with van der Waals surface area (Å²) in [6.07, 6.45) is 2.33. The van der Waals surface area contributed by atoms with Crippen LogP contribution in [0.25, 0.3) is 10.9 Å². The minimum atomic E-state index is -0.0592. The lowest BCUT2D eigenvalue weighted by atomic mass is 10.00. The summed E-state index contributed by atoms with van der Waals surface area (Å²) in [4.78, 5) is 23.1. The molecule has 5 rings (SSSR count). The third-order valence-corrected chi connectivity index (χ3v) is 6.72. The summed E-state index contributed by atoms with van der Waals surface area (Å²) in [5.74, 6) is 0.441. The first-order chi connectivity index (χ1) is 15.5. The van der Waals surface area contributed by atoms with Crippen LogP contribution in [0, 0.1) is 13.8 Å². The molecule has 32 heavy (non-hydrogen) atoms. The van der Waals surface area contributed by atoms with Gasteiger partial charge in [-0.25, -0.2) is 0 Å². The second kappa shape index (κ2) is 8.64. The largest absolute Gasteiger partial charge is 0.322 e. The van der Waals surface area contributed by atoms with Crippen molar-refractivity contribution in [1.29, 1.82) is 0 Å². The van der Waals surface area contributed by atoms with Crippen molar-refractivity contribution in [3.8, 4) is 0 Å². The molecule has 3 aromatic rings. The van der Waals surface area contributed by atoms with Crippen LogP contribution in [0.15, 0.2) is 42.5 Å². The fourth-order valence-corrected chi connectivity index (χ4v) is 4.63. The standard InChI is InChI=1S/C27H32N4O/c1-18-14-19(2)26-23(15-18)24(16-25(29-26)21-6-7-21)27(32)28-22-8-4-20(5-9-22)17-31-12-10-30(3)11-13-31/h4-5,8-9,14-16,21H,6-7,10-13,17H2,1-3H3,(H,28,32). The molecule has 0 radical (unpaired) electrons. The van der Waals surface area contributed by atoms with Gasteiger partial charge in [0.25, 0.3) is 5.91 Å². The second-order valence-corrected chi connectivity index (χ2v) is 9.58. The topological polar surface area (TPSA) is 48.5 Å². The summed E-state index contributed by atoms with van der Waals surface area (Å²) in [5.41, 5.74) is 7.13. The number of aryl methyl sites for hydroxylation is 2. The average Bonchev–Trinajstić information content (AvgIpc) is 3.61. The zero-order valence-corrected chi connectivity index (χ0v) is 19.3. The highest BCUT2D eigenvalue weighted by atomic mass is 16.1. The van der Waals surface area contributed by atoms with Crippen molar-refractivity contribution < 1.29 is 4.79 Å². The Kier molecular flexibility index (Phi) is 5.70. The van der Waals surface area contributed by atoms with E-state index in [1.165, 1.54) is 18.4 Å². The van der Waals surface area contributed by atoms with Crippen LogP contribution in [0.3, 0.4) is 0 Å². The number of amides is 1. The zero-order valence-electron chi connectivity index (χ0n) is 19.3. The van der Waals surface area contributed by atoms with Gasteiger partial charge >= 0.3 is 0 Å². The Labute approximate surface area is 190 Å². The highest BCUT2D eigenvalue weighted by molar-refractivity contribution is 6.13. The number of hydrogen-bond acceptors (Lipinski definition) is 4. The Hall–Kier alpha value is -2.76. The number of piperazine rings is 1. The van der Waals surface area contributed by atoms with Gasteiger partial charge in [0, 0.05) is 55.4 Å². The number of nitrogens with zero attached hydrogens (tertiary/aromatic N) is 3. The lowest BCUT2D eigenvalue weighted by Crippen LogP contribution is -2.43. The monoisotopic (exact) mass is 428 g/mol. The van der Waals surface area contributed by atoms with Gasteiger partial charge in [-0.3, -0.25) is 14.7 Å². The van der Waals surface area contributed by atoms with E-state index in [1.54, 1.807) is 0 Å². The third kappa shape index (κ3) is 4.54. The van der Waals surface area contributed by atoms with Gasteiger partial charge < -0.3 is 10.2 Å². The van der Waals surface area contributed by atoms with Gasteiger partial charge in [0.15, 0.2) is 0 Å². The van der Waals surface area contributed by atoms with E-state index in [4.69, 9.17) is 4.98 Å². The predicted octanol–water partition coefficient (Wildman–Crippen LogP) is 4.73. The maximum atomic E-state index is 13.3. The number of pyridine rings is 1. The summed E-state index contributed by atoms with van der Waals surface area (Å²) < 4.78 is 0. The van der Waals surface area contributed by atoms with E-state index in [2.05, 4.69) is 60.3 Å². The molecule has 5 nitrogen and oxygen atoms in total. The summed E-state index contributed by atoms with van der Waals surface area (Å²) in [7, 11) is 2.18. The number of carbonyl (C=O) groups excluding carboxylic acids is 1. The molecule has 0 bridgehead atoms. The molecule has 2 aliphatic rings. The van der Waals surface area contributed by atoms with Gasteiger partial charge in [0.2, 0.25) is 0 Å².